The Kier molecular flexibility index (Phi) is 9.45. The second-order valence-electron chi connectivity index (χ2n) is 11.1. The molecular formula is C28H46O3. The predicted octanol–water partition coefficient (Wildman–Crippen LogP) is 8.17. The maximum absolute atomic E-state index is 12.8. The lowest BCUT2D eigenvalue weighted by Gasteiger charge is -2.36. The molecule has 0 bridgehead atoms. The van der Waals surface area contributed by atoms with Gasteiger partial charge in [-0.05, 0) is 63.0 Å². The number of rotatable bonds is 12. The van der Waals surface area contributed by atoms with Gasteiger partial charge in [0.25, 0.3) is 0 Å². The second kappa shape index (κ2) is 11.4. The maximum Gasteiger partial charge on any atom is 0.170 e. The summed E-state index contributed by atoms with van der Waals surface area (Å²) in [4.78, 5) is 12.8. The number of carbonyl (C=O) groups is 1. The Bertz CT molecular complexity index is 736. The second-order valence-corrected chi connectivity index (χ2v) is 11.1. The number of hydrogen-bond donors (Lipinski definition) is 1. The van der Waals surface area contributed by atoms with Crippen molar-refractivity contribution >= 4 is 5.78 Å². The zero-order valence-corrected chi connectivity index (χ0v) is 21.1. The molecule has 0 aromatic heterocycles. The molecule has 0 spiro atoms. The number of Topliss-reactive ketones (excluding diaryl/α,β-unsaturated/α-hetero) is 1. The molecule has 0 amide bonds. The van der Waals surface area contributed by atoms with Crippen LogP contribution in [0.2, 0.25) is 0 Å². The average molecular weight is 431 g/mol. The van der Waals surface area contributed by atoms with Crippen molar-refractivity contribution < 1.29 is 14.6 Å². The topological polar surface area (TPSA) is 46.5 Å². The van der Waals surface area contributed by atoms with Gasteiger partial charge in [0.1, 0.15) is 17.1 Å². The Morgan fingerprint density at radius 2 is 1.52 bits per heavy atom. The van der Waals surface area contributed by atoms with Crippen LogP contribution in [0.25, 0.3) is 0 Å². The summed E-state index contributed by atoms with van der Waals surface area (Å²) in [6.45, 7) is 15.1. The van der Waals surface area contributed by atoms with Crippen molar-refractivity contribution in [3.05, 3.63) is 22.8 Å². The molecule has 1 N–H and O–H groups in total. The first-order chi connectivity index (χ1) is 14.5. The van der Waals surface area contributed by atoms with Gasteiger partial charge in [-0.2, -0.15) is 0 Å². The van der Waals surface area contributed by atoms with E-state index in [0.29, 0.717) is 23.3 Å². The third-order valence-corrected chi connectivity index (χ3v) is 7.14. The first-order valence-corrected chi connectivity index (χ1v) is 12.6. The third-order valence-electron chi connectivity index (χ3n) is 7.14. The molecular weight excluding hydrogens is 384 g/mol. The van der Waals surface area contributed by atoms with Gasteiger partial charge in [0, 0.05) is 5.56 Å². The quantitative estimate of drug-likeness (QED) is 0.364. The minimum atomic E-state index is -0.440. The standard InChI is InChI=1S/C28H46O3/c1-19(2)11-8-12-20(3)13-9-14-21(4)15-10-16-28(7)18-24(29)26-23(6)27(30)22(5)17-25(26)31-28/h17,19-21,30H,8-16,18H2,1-7H3/t20?,21?,28-/m1/s1. The summed E-state index contributed by atoms with van der Waals surface area (Å²) in [6, 6.07) is 1.82. The number of carbonyl (C=O) groups excluding carboxylic acids is 1. The minimum absolute atomic E-state index is 0.0936. The molecule has 0 radical (unpaired) electrons. The Balaban J connectivity index is 1.75. The number of benzene rings is 1. The summed E-state index contributed by atoms with van der Waals surface area (Å²) in [5, 5.41) is 10.2. The molecule has 1 aromatic rings. The van der Waals surface area contributed by atoms with Gasteiger partial charge in [-0.25, -0.2) is 0 Å². The lowest BCUT2D eigenvalue weighted by molar-refractivity contribution is 0.0444. The lowest BCUT2D eigenvalue weighted by Crippen LogP contribution is -2.39. The van der Waals surface area contributed by atoms with Crippen molar-refractivity contribution in [1.82, 2.24) is 0 Å². The molecule has 1 heterocycles. The van der Waals surface area contributed by atoms with Gasteiger partial charge >= 0.3 is 0 Å². The van der Waals surface area contributed by atoms with Crippen LogP contribution in [0.1, 0.15) is 120 Å². The van der Waals surface area contributed by atoms with Crippen molar-refractivity contribution in [2.24, 2.45) is 17.8 Å². The highest BCUT2D eigenvalue weighted by molar-refractivity contribution is 6.02. The van der Waals surface area contributed by atoms with E-state index in [9.17, 15) is 9.90 Å². The lowest BCUT2D eigenvalue weighted by atomic mass is 9.84. The molecule has 0 fully saturated rings. The minimum Gasteiger partial charge on any atom is -0.507 e. The Morgan fingerprint density at radius 3 is 2.10 bits per heavy atom. The Morgan fingerprint density at radius 1 is 0.968 bits per heavy atom. The summed E-state index contributed by atoms with van der Waals surface area (Å²) >= 11 is 0. The van der Waals surface area contributed by atoms with Crippen LogP contribution >= 0.6 is 0 Å². The molecule has 0 saturated carbocycles. The molecule has 1 aliphatic rings. The summed E-state index contributed by atoms with van der Waals surface area (Å²) in [5.74, 6) is 3.34. The molecule has 0 aliphatic carbocycles. The molecule has 3 heteroatoms. The smallest absolute Gasteiger partial charge is 0.170 e. The summed E-state index contributed by atoms with van der Waals surface area (Å²) < 4.78 is 6.32. The zero-order valence-electron chi connectivity index (χ0n) is 21.1. The van der Waals surface area contributed by atoms with E-state index in [1.165, 1.54) is 44.9 Å². The number of fused-ring (bicyclic) bond motifs is 1. The van der Waals surface area contributed by atoms with Crippen molar-refractivity contribution in [3.8, 4) is 11.5 Å². The highest BCUT2D eigenvalue weighted by Gasteiger charge is 2.37. The van der Waals surface area contributed by atoms with Gasteiger partial charge in [0.2, 0.25) is 0 Å². The molecule has 2 unspecified atom stereocenters. The fourth-order valence-corrected chi connectivity index (χ4v) is 5.03. The van der Waals surface area contributed by atoms with E-state index >= 15 is 0 Å². The molecule has 2 rings (SSSR count). The van der Waals surface area contributed by atoms with E-state index in [1.54, 1.807) is 6.92 Å². The summed E-state index contributed by atoms with van der Waals surface area (Å²) in [5.41, 5.74) is 1.54. The molecule has 0 saturated heterocycles. The van der Waals surface area contributed by atoms with E-state index < -0.39 is 5.60 Å². The van der Waals surface area contributed by atoms with E-state index in [-0.39, 0.29) is 11.5 Å². The number of ketones is 1. The van der Waals surface area contributed by atoms with Crippen molar-refractivity contribution in [2.75, 3.05) is 0 Å². The van der Waals surface area contributed by atoms with E-state index in [2.05, 4.69) is 34.6 Å². The summed E-state index contributed by atoms with van der Waals surface area (Å²) in [6.07, 6.45) is 11.6. The van der Waals surface area contributed by atoms with Crippen LogP contribution in [-0.2, 0) is 0 Å². The highest BCUT2D eigenvalue weighted by atomic mass is 16.5. The van der Waals surface area contributed by atoms with E-state index in [0.717, 1.165) is 36.2 Å². The van der Waals surface area contributed by atoms with Crippen molar-refractivity contribution in [3.63, 3.8) is 0 Å². The number of phenolic OH excluding ortho intramolecular Hbond substituents is 1. The van der Waals surface area contributed by atoms with Gasteiger partial charge in [0.05, 0.1) is 12.0 Å². The van der Waals surface area contributed by atoms with Crippen molar-refractivity contribution in [2.45, 2.75) is 118 Å². The number of aromatic hydroxyl groups is 1. The number of aryl methyl sites for hydroxylation is 1. The number of hydrogen-bond acceptors (Lipinski definition) is 3. The third kappa shape index (κ3) is 7.54. The zero-order chi connectivity index (χ0) is 23.2. The average Bonchev–Trinajstić information content (AvgIpc) is 2.65. The molecule has 31 heavy (non-hydrogen) atoms. The predicted molar refractivity (Wildman–Crippen MR) is 130 cm³/mol. The summed E-state index contributed by atoms with van der Waals surface area (Å²) in [7, 11) is 0. The maximum atomic E-state index is 12.8. The van der Waals surface area contributed by atoms with Gasteiger partial charge < -0.3 is 9.84 Å². The monoisotopic (exact) mass is 430 g/mol. The van der Waals surface area contributed by atoms with Gasteiger partial charge in [-0.1, -0.05) is 72.6 Å². The first-order valence-electron chi connectivity index (χ1n) is 12.6. The highest BCUT2D eigenvalue weighted by Crippen LogP contribution is 2.41. The van der Waals surface area contributed by atoms with Crippen LogP contribution < -0.4 is 4.74 Å². The number of phenols is 1. The van der Waals surface area contributed by atoms with Gasteiger partial charge in [-0.3, -0.25) is 4.79 Å². The normalized spacial score (nSPS) is 20.5. The van der Waals surface area contributed by atoms with Crippen LogP contribution in [0.3, 0.4) is 0 Å². The van der Waals surface area contributed by atoms with Gasteiger partial charge in [-0.15, -0.1) is 0 Å². The van der Waals surface area contributed by atoms with Crippen LogP contribution in [0, 0.1) is 31.6 Å². The fourth-order valence-electron chi connectivity index (χ4n) is 5.03. The SMILES string of the molecule is Cc1cc2c(c(C)c1O)C(=O)C[C@@](C)(CCCC(C)CCCC(C)CCCC(C)C)O2. The number of ether oxygens (including phenoxy) is 1. The van der Waals surface area contributed by atoms with Crippen LogP contribution in [0.4, 0.5) is 0 Å². The van der Waals surface area contributed by atoms with Gasteiger partial charge in [0.15, 0.2) is 5.78 Å². The van der Waals surface area contributed by atoms with E-state index in [1.807, 2.05) is 13.0 Å². The molecule has 1 aliphatic heterocycles. The first kappa shape index (κ1) is 25.7. The molecule has 1 aromatic carbocycles. The fraction of sp³-hybridized carbons (Fsp3) is 0.750. The molecule has 176 valence electrons. The Hall–Kier alpha value is -1.51. The van der Waals surface area contributed by atoms with Crippen LogP contribution in [0.5, 0.6) is 11.5 Å². The van der Waals surface area contributed by atoms with Crippen molar-refractivity contribution in [1.29, 1.82) is 0 Å². The van der Waals surface area contributed by atoms with Crippen LogP contribution in [-0.4, -0.2) is 16.5 Å². The van der Waals surface area contributed by atoms with E-state index in [4.69, 9.17) is 4.74 Å². The largest absolute Gasteiger partial charge is 0.507 e. The Labute approximate surface area is 191 Å². The molecule has 3 atom stereocenters. The molecule has 3 nitrogen and oxygen atoms in total. The van der Waals surface area contributed by atoms with Crippen LogP contribution in [0.15, 0.2) is 6.07 Å².